The zero-order chi connectivity index (χ0) is 22.0. The molecule has 0 unspecified atom stereocenters. The van der Waals surface area contributed by atoms with Gasteiger partial charge in [-0.15, -0.1) is 0 Å². The highest BCUT2D eigenvalue weighted by atomic mass is 16.3. The molecule has 0 radical (unpaired) electrons. The van der Waals surface area contributed by atoms with Crippen molar-refractivity contribution in [3.05, 3.63) is 23.8 Å². The molecule has 1 aromatic rings. The van der Waals surface area contributed by atoms with Crippen LogP contribution in [-0.4, -0.2) is 53.6 Å². The molecule has 0 bridgehead atoms. The number of nitrogens with one attached hydrogen (secondary N) is 1. The molecular formula is C24H32N4O3. The van der Waals surface area contributed by atoms with Crippen molar-refractivity contribution >= 4 is 23.2 Å². The fourth-order valence-corrected chi connectivity index (χ4v) is 5.51. The first-order valence-electron chi connectivity index (χ1n) is 11.5. The minimum atomic E-state index is -0.379. The molecule has 1 saturated carbocycles. The quantitative estimate of drug-likeness (QED) is 0.774. The standard InChI is InChI=1S/C24H32N4O3/c1-2-22(30)26-18-4-9-21(17(14-18)15-25)27-12-3-10-24(16-27)11-13-28(23(24)31)19-5-7-20(29)8-6-19/h4,9,14,19-20,29H,2-3,5-8,10-13,16H2,1H3,(H,26,30)/t19?,20?,24-/m1/s1. The van der Waals surface area contributed by atoms with E-state index in [1.54, 1.807) is 13.0 Å². The predicted molar refractivity (Wildman–Crippen MR) is 119 cm³/mol. The third-order valence-corrected chi connectivity index (χ3v) is 7.29. The van der Waals surface area contributed by atoms with Crippen LogP contribution >= 0.6 is 0 Å². The van der Waals surface area contributed by atoms with E-state index in [2.05, 4.69) is 21.2 Å². The highest BCUT2D eigenvalue weighted by Crippen LogP contribution is 2.44. The third kappa shape index (κ3) is 4.27. The van der Waals surface area contributed by atoms with Gasteiger partial charge in [0, 0.05) is 37.8 Å². The maximum absolute atomic E-state index is 13.5. The van der Waals surface area contributed by atoms with Crippen molar-refractivity contribution in [2.24, 2.45) is 5.41 Å². The van der Waals surface area contributed by atoms with Crippen LogP contribution < -0.4 is 10.2 Å². The molecule has 2 N–H and O–H groups in total. The summed E-state index contributed by atoms with van der Waals surface area (Å²) in [5.41, 5.74) is 1.61. The largest absolute Gasteiger partial charge is 0.393 e. The predicted octanol–water partition coefficient (Wildman–Crippen LogP) is 3.03. The number of hydrogen-bond acceptors (Lipinski definition) is 5. The van der Waals surface area contributed by atoms with E-state index in [0.717, 1.165) is 63.7 Å². The van der Waals surface area contributed by atoms with Gasteiger partial charge in [0.05, 0.1) is 22.8 Å². The van der Waals surface area contributed by atoms with Gasteiger partial charge in [-0.25, -0.2) is 0 Å². The van der Waals surface area contributed by atoms with Gasteiger partial charge in [-0.3, -0.25) is 9.59 Å². The molecule has 4 rings (SSSR count). The Bertz CT molecular complexity index is 887. The second kappa shape index (κ2) is 8.88. The lowest BCUT2D eigenvalue weighted by Crippen LogP contribution is -2.50. The minimum absolute atomic E-state index is 0.0829. The summed E-state index contributed by atoms with van der Waals surface area (Å²) in [6.07, 6.45) is 6.16. The Morgan fingerprint density at radius 1 is 1.26 bits per heavy atom. The van der Waals surface area contributed by atoms with Gasteiger partial charge in [-0.2, -0.15) is 5.26 Å². The molecule has 2 saturated heterocycles. The van der Waals surface area contributed by atoms with Crippen molar-refractivity contribution in [3.63, 3.8) is 0 Å². The highest BCUT2D eigenvalue weighted by molar-refractivity contribution is 5.91. The average Bonchev–Trinajstić information content (AvgIpc) is 3.09. The van der Waals surface area contributed by atoms with Gasteiger partial charge < -0.3 is 20.2 Å². The number of benzene rings is 1. The summed E-state index contributed by atoms with van der Waals surface area (Å²) in [7, 11) is 0. The van der Waals surface area contributed by atoms with E-state index in [9.17, 15) is 20.0 Å². The molecule has 2 heterocycles. The molecule has 2 amide bonds. The van der Waals surface area contributed by atoms with Crippen LogP contribution in [-0.2, 0) is 9.59 Å². The maximum atomic E-state index is 13.5. The SMILES string of the molecule is CCC(=O)Nc1ccc(N2CCC[C@@]3(CCN(C4CCC(O)CC4)C3=O)C2)c(C#N)c1. The second-order valence-electron chi connectivity index (χ2n) is 9.26. The van der Waals surface area contributed by atoms with Crippen molar-refractivity contribution in [3.8, 4) is 6.07 Å². The number of rotatable bonds is 4. The van der Waals surface area contributed by atoms with Gasteiger partial charge in [0.15, 0.2) is 0 Å². The summed E-state index contributed by atoms with van der Waals surface area (Å²) in [5, 5.41) is 22.3. The van der Waals surface area contributed by atoms with Crippen LogP contribution in [0.1, 0.15) is 63.9 Å². The fraction of sp³-hybridized carbons (Fsp3) is 0.625. The molecule has 31 heavy (non-hydrogen) atoms. The first kappa shape index (κ1) is 21.6. The molecule has 1 aliphatic carbocycles. The number of nitrogens with zero attached hydrogens (tertiary/aromatic N) is 3. The molecular weight excluding hydrogens is 392 g/mol. The number of nitriles is 1. The number of carbonyl (C=O) groups is 2. The smallest absolute Gasteiger partial charge is 0.230 e. The number of amides is 2. The Morgan fingerprint density at radius 3 is 2.74 bits per heavy atom. The number of piperidine rings is 1. The van der Waals surface area contributed by atoms with Crippen molar-refractivity contribution < 1.29 is 14.7 Å². The molecule has 1 atom stereocenters. The zero-order valence-corrected chi connectivity index (χ0v) is 18.3. The molecule has 7 heteroatoms. The summed E-state index contributed by atoms with van der Waals surface area (Å²) in [4.78, 5) is 29.5. The number of anilines is 2. The molecule has 1 aromatic carbocycles. The van der Waals surface area contributed by atoms with Gasteiger partial charge in [0.25, 0.3) is 0 Å². The van der Waals surface area contributed by atoms with Crippen LogP contribution in [0, 0.1) is 16.7 Å². The summed E-state index contributed by atoms with van der Waals surface area (Å²) in [6, 6.07) is 7.97. The van der Waals surface area contributed by atoms with Crippen LogP contribution in [0.15, 0.2) is 18.2 Å². The molecule has 3 aliphatic rings. The van der Waals surface area contributed by atoms with Crippen LogP contribution in [0.25, 0.3) is 0 Å². The summed E-state index contributed by atoms with van der Waals surface area (Å²) in [6.45, 7) is 4.03. The molecule has 0 aromatic heterocycles. The molecule has 3 fully saturated rings. The lowest BCUT2D eigenvalue weighted by Gasteiger charge is -2.41. The number of hydrogen-bond donors (Lipinski definition) is 2. The van der Waals surface area contributed by atoms with Crippen LogP contribution in [0.5, 0.6) is 0 Å². The van der Waals surface area contributed by atoms with Crippen LogP contribution in [0.4, 0.5) is 11.4 Å². The van der Waals surface area contributed by atoms with E-state index < -0.39 is 0 Å². The molecule has 166 valence electrons. The second-order valence-corrected chi connectivity index (χ2v) is 9.26. The Hall–Kier alpha value is -2.59. The highest BCUT2D eigenvalue weighted by Gasteiger charge is 2.50. The Morgan fingerprint density at radius 2 is 2.03 bits per heavy atom. The third-order valence-electron chi connectivity index (χ3n) is 7.29. The lowest BCUT2D eigenvalue weighted by atomic mass is 9.78. The summed E-state index contributed by atoms with van der Waals surface area (Å²) < 4.78 is 0. The summed E-state index contributed by atoms with van der Waals surface area (Å²) >= 11 is 0. The normalized spacial score (nSPS) is 28.6. The first-order chi connectivity index (χ1) is 15.0. The van der Waals surface area contributed by atoms with Crippen LogP contribution in [0.3, 0.4) is 0 Å². The molecule has 2 aliphatic heterocycles. The number of aliphatic hydroxyl groups excluding tert-OH is 1. The van der Waals surface area contributed by atoms with Gasteiger partial charge in [0.2, 0.25) is 11.8 Å². The van der Waals surface area contributed by atoms with E-state index in [0.29, 0.717) is 24.2 Å². The van der Waals surface area contributed by atoms with Gasteiger partial charge >= 0.3 is 0 Å². The van der Waals surface area contributed by atoms with E-state index in [4.69, 9.17) is 0 Å². The monoisotopic (exact) mass is 424 g/mol. The van der Waals surface area contributed by atoms with E-state index in [1.807, 2.05) is 12.1 Å². The van der Waals surface area contributed by atoms with Crippen molar-refractivity contribution in [1.82, 2.24) is 4.90 Å². The van der Waals surface area contributed by atoms with Gasteiger partial charge in [-0.05, 0) is 63.1 Å². The zero-order valence-electron chi connectivity index (χ0n) is 18.3. The topological polar surface area (TPSA) is 96.7 Å². The lowest BCUT2D eigenvalue weighted by molar-refractivity contribution is -0.139. The van der Waals surface area contributed by atoms with Crippen LogP contribution in [0.2, 0.25) is 0 Å². The number of carbonyl (C=O) groups excluding carboxylic acids is 2. The Kier molecular flexibility index (Phi) is 6.19. The van der Waals surface area contributed by atoms with E-state index in [1.165, 1.54) is 0 Å². The van der Waals surface area contributed by atoms with E-state index >= 15 is 0 Å². The van der Waals surface area contributed by atoms with E-state index in [-0.39, 0.29) is 29.4 Å². The number of aliphatic hydroxyl groups is 1. The van der Waals surface area contributed by atoms with Gasteiger partial charge in [-0.1, -0.05) is 6.92 Å². The summed E-state index contributed by atoms with van der Waals surface area (Å²) in [5.74, 6) is 0.171. The Labute approximate surface area is 184 Å². The van der Waals surface area contributed by atoms with Crippen molar-refractivity contribution in [1.29, 1.82) is 5.26 Å². The van der Waals surface area contributed by atoms with Crippen molar-refractivity contribution in [2.45, 2.75) is 70.4 Å². The number of likely N-dealkylation sites (tertiary alicyclic amines) is 1. The molecule has 1 spiro atoms. The average molecular weight is 425 g/mol. The van der Waals surface area contributed by atoms with Crippen molar-refractivity contribution in [2.75, 3.05) is 29.9 Å². The maximum Gasteiger partial charge on any atom is 0.230 e. The first-order valence-corrected chi connectivity index (χ1v) is 11.5. The minimum Gasteiger partial charge on any atom is -0.393 e. The fourth-order valence-electron chi connectivity index (χ4n) is 5.51. The Balaban J connectivity index is 1.50. The molecule has 7 nitrogen and oxygen atoms in total. The van der Waals surface area contributed by atoms with Gasteiger partial charge in [0.1, 0.15) is 6.07 Å².